The molecule has 2 fully saturated rings. The second kappa shape index (κ2) is 2.76. The lowest BCUT2D eigenvalue weighted by Crippen LogP contribution is -2.28. The second-order valence-electron chi connectivity index (χ2n) is 3.82. The van der Waals surface area contributed by atoms with Crippen molar-refractivity contribution >= 4 is 0 Å². The van der Waals surface area contributed by atoms with Crippen LogP contribution in [0.15, 0.2) is 0 Å². The first-order chi connectivity index (χ1) is 5.29. The fourth-order valence-corrected chi connectivity index (χ4v) is 2.39. The molecule has 1 saturated heterocycles. The van der Waals surface area contributed by atoms with Gasteiger partial charge in [-0.05, 0) is 19.8 Å². The van der Waals surface area contributed by atoms with E-state index in [0.29, 0.717) is 12.0 Å². The Morgan fingerprint density at radius 2 is 2.00 bits per heavy atom. The van der Waals surface area contributed by atoms with Crippen LogP contribution in [0.25, 0.3) is 0 Å². The summed E-state index contributed by atoms with van der Waals surface area (Å²) in [5.41, 5.74) is 0. The SMILES string of the molecule is C[C@H]1O[C@@H]2CCCC[C@@H]2[C@@H]1O. The standard InChI is InChI=1S/C9H16O2/c1-6-9(10)7-4-2-3-5-8(7)11-6/h6-10H,2-5H2,1H3/t6-,7+,8-,9-/m1/s1. The second-order valence-corrected chi connectivity index (χ2v) is 3.82. The molecule has 0 spiro atoms. The first-order valence-corrected chi connectivity index (χ1v) is 4.62. The van der Waals surface area contributed by atoms with Crippen LogP contribution in [0.4, 0.5) is 0 Å². The number of aliphatic hydroxyl groups is 1. The van der Waals surface area contributed by atoms with Crippen LogP contribution in [-0.4, -0.2) is 23.4 Å². The zero-order chi connectivity index (χ0) is 7.84. The summed E-state index contributed by atoms with van der Waals surface area (Å²) >= 11 is 0. The zero-order valence-corrected chi connectivity index (χ0v) is 6.99. The van der Waals surface area contributed by atoms with Crippen molar-refractivity contribution in [2.75, 3.05) is 0 Å². The Morgan fingerprint density at radius 3 is 2.73 bits per heavy atom. The normalized spacial score (nSPS) is 50.7. The highest BCUT2D eigenvalue weighted by molar-refractivity contribution is 4.90. The molecule has 1 aliphatic carbocycles. The molecule has 11 heavy (non-hydrogen) atoms. The number of aliphatic hydroxyl groups excluding tert-OH is 1. The lowest BCUT2D eigenvalue weighted by atomic mass is 9.84. The molecule has 0 aromatic heterocycles. The van der Waals surface area contributed by atoms with Crippen LogP contribution in [0.1, 0.15) is 32.6 Å². The van der Waals surface area contributed by atoms with E-state index in [4.69, 9.17) is 4.74 Å². The molecule has 2 nitrogen and oxygen atoms in total. The molecule has 1 saturated carbocycles. The van der Waals surface area contributed by atoms with E-state index in [0.717, 1.165) is 12.8 Å². The van der Waals surface area contributed by atoms with E-state index >= 15 is 0 Å². The molecule has 0 unspecified atom stereocenters. The van der Waals surface area contributed by atoms with Crippen LogP contribution in [0.2, 0.25) is 0 Å². The van der Waals surface area contributed by atoms with Gasteiger partial charge in [-0.15, -0.1) is 0 Å². The van der Waals surface area contributed by atoms with E-state index in [1.54, 1.807) is 0 Å². The molecule has 1 aliphatic heterocycles. The molecule has 0 radical (unpaired) electrons. The van der Waals surface area contributed by atoms with Gasteiger partial charge in [-0.1, -0.05) is 12.8 Å². The molecule has 0 aromatic carbocycles. The van der Waals surface area contributed by atoms with Crippen molar-refractivity contribution in [3.05, 3.63) is 0 Å². The predicted molar refractivity (Wildman–Crippen MR) is 42.3 cm³/mol. The van der Waals surface area contributed by atoms with Crippen molar-refractivity contribution in [2.24, 2.45) is 5.92 Å². The summed E-state index contributed by atoms with van der Waals surface area (Å²) in [5.74, 6) is 0.443. The third kappa shape index (κ3) is 1.18. The van der Waals surface area contributed by atoms with Crippen molar-refractivity contribution in [3.8, 4) is 0 Å². The average Bonchev–Trinajstić information content (AvgIpc) is 2.30. The van der Waals surface area contributed by atoms with Gasteiger partial charge in [0.2, 0.25) is 0 Å². The van der Waals surface area contributed by atoms with Gasteiger partial charge in [0.25, 0.3) is 0 Å². The van der Waals surface area contributed by atoms with Gasteiger partial charge in [-0.25, -0.2) is 0 Å². The van der Waals surface area contributed by atoms with E-state index in [1.165, 1.54) is 12.8 Å². The largest absolute Gasteiger partial charge is 0.390 e. The summed E-state index contributed by atoms with van der Waals surface area (Å²) < 4.78 is 5.63. The molecule has 4 atom stereocenters. The Bertz CT molecular complexity index is 146. The number of ether oxygens (including phenoxy) is 1. The molecule has 64 valence electrons. The maximum atomic E-state index is 9.67. The van der Waals surface area contributed by atoms with E-state index in [2.05, 4.69) is 0 Å². The van der Waals surface area contributed by atoms with E-state index < -0.39 is 0 Å². The third-order valence-electron chi connectivity index (χ3n) is 3.06. The van der Waals surface area contributed by atoms with Gasteiger partial charge < -0.3 is 9.84 Å². The lowest BCUT2D eigenvalue weighted by Gasteiger charge is -2.24. The summed E-state index contributed by atoms with van der Waals surface area (Å²) in [7, 11) is 0. The van der Waals surface area contributed by atoms with Crippen LogP contribution in [0.5, 0.6) is 0 Å². The third-order valence-corrected chi connectivity index (χ3v) is 3.06. The van der Waals surface area contributed by atoms with Crippen LogP contribution in [0, 0.1) is 5.92 Å². The molecule has 0 aromatic rings. The molecule has 0 amide bonds. The van der Waals surface area contributed by atoms with Crippen molar-refractivity contribution in [2.45, 2.75) is 50.9 Å². The molecular weight excluding hydrogens is 140 g/mol. The minimum Gasteiger partial charge on any atom is -0.390 e. The number of rotatable bonds is 0. The molecule has 2 aliphatic rings. The van der Waals surface area contributed by atoms with Gasteiger partial charge in [-0.2, -0.15) is 0 Å². The molecule has 2 heteroatoms. The molecule has 1 N–H and O–H groups in total. The molecule has 0 bridgehead atoms. The van der Waals surface area contributed by atoms with Crippen molar-refractivity contribution in [1.82, 2.24) is 0 Å². The molecular formula is C9H16O2. The fraction of sp³-hybridized carbons (Fsp3) is 1.00. The van der Waals surface area contributed by atoms with E-state index in [-0.39, 0.29) is 12.2 Å². The zero-order valence-electron chi connectivity index (χ0n) is 6.99. The monoisotopic (exact) mass is 156 g/mol. The first kappa shape index (κ1) is 7.56. The highest BCUT2D eigenvalue weighted by Gasteiger charge is 2.41. The smallest absolute Gasteiger partial charge is 0.0852 e. The average molecular weight is 156 g/mol. The summed E-state index contributed by atoms with van der Waals surface area (Å²) in [6.07, 6.45) is 5.12. The Kier molecular flexibility index (Phi) is 1.90. The van der Waals surface area contributed by atoms with Gasteiger partial charge in [0, 0.05) is 5.92 Å². The Labute approximate surface area is 67.6 Å². The van der Waals surface area contributed by atoms with Crippen LogP contribution < -0.4 is 0 Å². The summed E-state index contributed by atoms with van der Waals surface area (Å²) in [4.78, 5) is 0. The summed E-state index contributed by atoms with van der Waals surface area (Å²) in [6, 6.07) is 0. The van der Waals surface area contributed by atoms with Crippen molar-refractivity contribution < 1.29 is 9.84 Å². The van der Waals surface area contributed by atoms with Gasteiger partial charge in [0.05, 0.1) is 18.3 Å². The fourth-order valence-electron chi connectivity index (χ4n) is 2.39. The summed E-state index contributed by atoms with van der Waals surface area (Å²) in [6.45, 7) is 1.98. The highest BCUT2D eigenvalue weighted by atomic mass is 16.5. The lowest BCUT2D eigenvalue weighted by molar-refractivity contribution is 0.0157. The summed E-state index contributed by atoms with van der Waals surface area (Å²) in [5, 5.41) is 9.67. The molecule has 1 heterocycles. The number of fused-ring (bicyclic) bond motifs is 1. The van der Waals surface area contributed by atoms with Gasteiger partial charge in [-0.3, -0.25) is 0 Å². The highest BCUT2D eigenvalue weighted by Crippen LogP contribution is 2.37. The number of hydrogen-bond donors (Lipinski definition) is 1. The Balaban J connectivity index is 2.05. The number of hydrogen-bond acceptors (Lipinski definition) is 2. The quantitative estimate of drug-likeness (QED) is 0.573. The Morgan fingerprint density at radius 1 is 1.27 bits per heavy atom. The van der Waals surface area contributed by atoms with Crippen LogP contribution in [-0.2, 0) is 4.74 Å². The van der Waals surface area contributed by atoms with E-state index in [1.807, 2.05) is 6.92 Å². The Hall–Kier alpha value is -0.0800. The van der Waals surface area contributed by atoms with E-state index in [9.17, 15) is 5.11 Å². The minimum absolute atomic E-state index is 0.0723. The van der Waals surface area contributed by atoms with Crippen molar-refractivity contribution in [3.63, 3.8) is 0 Å². The first-order valence-electron chi connectivity index (χ1n) is 4.62. The van der Waals surface area contributed by atoms with Gasteiger partial charge in [0.1, 0.15) is 0 Å². The van der Waals surface area contributed by atoms with Crippen molar-refractivity contribution in [1.29, 1.82) is 0 Å². The van der Waals surface area contributed by atoms with Gasteiger partial charge >= 0.3 is 0 Å². The van der Waals surface area contributed by atoms with Gasteiger partial charge in [0.15, 0.2) is 0 Å². The maximum Gasteiger partial charge on any atom is 0.0852 e. The van der Waals surface area contributed by atoms with Crippen LogP contribution >= 0.6 is 0 Å². The molecule has 2 rings (SSSR count). The minimum atomic E-state index is -0.194. The predicted octanol–water partition coefficient (Wildman–Crippen LogP) is 1.32. The topological polar surface area (TPSA) is 29.5 Å². The van der Waals surface area contributed by atoms with Crippen LogP contribution in [0.3, 0.4) is 0 Å². The maximum absolute atomic E-state index is 9.67.